The van der Waals surface area contributed by atoms with Crippen LogP contribution >= 0.6 is 0 Å². The average molecular weight is 177 g/mol. The Bertz CT molecular complexity index is 329. The molecule has 1 aromatic carbocycles. The van der Waals surface area contributed by atoms with Crippen LogP contribution in [0, 0.1) is 6.92 Å². The molecular formula is C11H15NO. The van der Waals surface area contributed by atoms with Gasteiger partial charge in [0.05, 0.1) is 0 Å². The minimum absolute atomic E-state index is 0.115. The Morgan fingerprint density at radius 2 is 1.92 bits per heavy atom. The predicted octanol–water partition coefficient (Wildman–Crippen LogP) is 2.26. The lowest BCUT2D eigenvalue weighted by Gasteiger charge is -2.16. The van der Waals surface area contributed by atoms with Gasteiger partial charge in [0, 0.05) is 25.3 Å². The zero-order valence-electron chi connectivity index (χ0n) is 8.59. The quantitative estimate of drug-likeness (QED) is 0.646. The SMILES string of the molecule is CC(=O)c1ccc(C)cc1N(C)C. The third-order valence-electron chi connectivity index (χ3n) is 2.01. The second kappa shape index (κ2) is 3.60. The van der Waals surface area contributed by atoms with Crippen molar-refractivity contribution in [2.45, 2.75) is 13.8 Å². The molecule has 0 atom stereocenters. The Balaban J connectivity index is 3.26. The molecule has 0 aliphatic rings. The number of hydrogen-bond acceptors (Lipinski definition) is 2. The van der Waals surface area contributed by atoms with E-state index in [1.165, 1.54) is 5.56 Å². The molecule has 2 heteroatoms. The summed E-state index contributed by atoms with van der Waals surface area (Å²) in [4.78, 5) is 13.2. The molecule has 70 valence electrons. The first-order valence-corrected chi connectivity index (χ1v) is 4.31. The van der Waals surface area contributed by atoms with E-state index in [0.29, 0.717) is 0 Å². The van der Waals surface area contributed by atoms with Gasteiger partial charge in [-0.3, -0.25) is 4.79 Å². The van der Waals surface area contributed by atoms with Gasteiger partial charge in [0.15, 0.2) is 5.78 Å². The molecule has 0 aromatic heterocycles. The van der Waals surface area contributed by atoms with Crippen LogP contribution in [-0.4, -0.2) is 19.9 Å². The summed E-state index contributed by atoms with van der Waals surface area (Å²) in [5, 5.41) is 0. The van der Waals surface area contributed by atoms with E-state index in [-0.39, 0.29) is 5.78 Å². The van der Waals surface area contributed by atoms with Crippen LogP contribution < -0.4 is 4.90 Å². The van der Waals surface area contributed by atoms with E-state index >= 15 is 0 Å². The third-order valence-corrected chi connectivity index (χ3v) is 2.01. The summed E-state index contributed by atoms with van der Waals surface area (Å²) in [6, 6.07) is 5.87. The van der Waals surface area contributed by atoms with Crippen molar-refractivity contribution in [1.29, 1.82) is 0 Å². The van der Waals surface area contributed by atoms with Crippen molar-refractivity contribution in [3.63, 3.8) is 0 Å². The number of hydrogen-bond donors (Lipinski definition) is 0. The molecule has 0 aliphatic carbocycles. The molecule has 0 radical (unpaired) electrons. The molecule has 0 unspecified atom stereocenters. The molecule has 0 fully saturated rings. The highest BCUT2D eigenvalue weighted by Crippen LogP contribution is 2.20. The van der Waals surface area contributed by atoms with E-state index in [1.54, 1.807) is 6.92 Å². The fraction of sp³-hybridized carbons (Fsp3) is 0.364. The first-order valence-electron chi connectivity index (χ1n) is 4.31. The summed E-state index contributed by atoms with van der Waals surface area (Å²) in [6.45, 7) is 3.62. The lowest BCUT2D eigenvalue weighted by molar-refractivity contribution is 0.101. The molecule has 0 saturated heterocycles. The Labute approximate surface area is 79.2 Å². The standard InChI is InChI=1S/C11H15NO/c1-8-5-6-10(9(2)13)11(7-8)12(3)4/h5-7H,1-4H3. The van der Waals surface area contributed by atoms with Gasteiger partial charge in [0.2, 0.25) is 0 Å². The molecule has 0 N–H and O–H groups in total. The second-order valence-electron chi connectivity index (χ2n) is 3.47. The lowest BCUT2D eigenvalue weighted by Crippen LogP contribution is -2.13. The number of rotatable bonds is 2. The number of benzene rings is 1. The van der Waals surface area contributed by atoms with Crippen molar-refractivity contribution < 1.29 is 4.79 Å². The maximum absolute atomic E-state index is 11.3. The molecule has 0 spiro atoms. The van der Waals surface area contributed by atoms with Gasteiger partial charge < -0.3 is 4.90 Å². The van der Waals surface area contributed by atoms with Gasteiger partial charge >= 0.3 is 0 Å². The Morgan fingerprint density at radius 1 is 1.31 bits per heavy atom. The van der Waals surface area contributed by atoms with Gasteiger partial charge in [-0.15, -0.1) is 0 Å². The average Bonchev–Trinajstić information content (AvgIpc) is 2.03. The molecule has 0 heterocycles. The van der Waals surface area contributed by atoms with Crippen LogP contribution in [0.4, 0.5) is 5.69 Å². The van der Waals surface area contributed by atoms with Crippen LogP contribution in [0.15, 0.2) is 18.2 Å². The molecular weight excluding hydrogens is 162 g/mol. The summed E-state index contributed by atoms with van der Waals surface area (Å²) < 4.78 is 0. The van der Waals surface area contributed by atoms with E-state index in [1.807, 2.05) is 44.1 Å². The highest BCUT2D eigenvalue weighted by atomic mass is 16.1. The number of ketones is 1. The van der Waals surface area contributed by atoms with Crippen molar-refractivity contribution >= 4 is 11.5 Å². The maximum atomic E-state index is 11.3. The van der Waals surface area contributed by atoms with Crippen LogP contribution in [-0.2, 0) is 0 Å². The van der Waals surface area contributed by atoms with Crippen molar-refractivity contribution in [3.8, 4) is 0 Å². The first kappa shape index (κ1) is 9.78. The van der Waals surface area contributed by atoms with E-state index in [2.05, 4.69) is 0 Å². The molecule has 0 saturated carbocycles. The van der Waals surface area contributed by atoms with E-state index in [9.17, 15) is 4.79 Å². The van der Waals surface area contributed by atoms with Gasteiger partial charge in [0.1, 0.15) is 0 Å². The van der Waals surface area contributed by atoms with Crippen LogP contribution in [0.5, 0.6) is 0 Å². The van der Waals surface area contributed by atoms with Gasteiger partial charge in [-0.25, -0.2) is 0 Å². The van der Waals surface area contributed by atoms with E-state index in [0.717, 1.165) is 11.3 Å². The highest BCUT2D eigenvalue weighted by molar-refractivity contribution is 5.99. The Morgan fingerprint density at radius 3 is 2.38 bits per heavy atom. The minimum atomic E-state index is 0.115. The molecule has 1 rings (SSSR count). The van der Waals surface area contributed by atoms with Crippen LogP contribution in [0.2, 0.25) is 0 Å². The maximum Gasteiger partial charge on any atom is 0.161 e. The molecule has 1 aromatic rings. The predicted molar refractivity (Wildman–Crippen MR) is 55.5 cm³/mol. The second-order valence-corrected chi connectivity index (χ2v) is 3.47. The number of carbonyl (C=O) groups is 1. The monoisotopic (exact) mass is 177 g/mol. The summed E-state index contributed by atoms with van der Waals surface area (Å²) >= 11 is 0. The Hall–Kier alpha value is -1.31. The van der Waals surface area contributed by atoms with Crippen LogP contribution in [0.1, 0.15) is 22.8 Å². The molecule has 0 bridgehead atoms. The number of anilines is 1. The lowest BCUT2D eigenvalue weighted by atomic mass is 10.1. The van der Waals surface area contributed by atoms with Crippen LogP contribution in [0.3, 0.4) is 0 Å². The summed E-state index contributed by atoms with van der Waals surface area (Å²) in [5.74, 6) is 0.115. The molecule has 13 heavy (non-hydrogen) atoms. The fourth-order valence-electron chi connectivity index (χ4n) is 1.31. The number of carbonyl (C=O) groups excluding carboxylic acids is 1. The van der Waals surface area contributed by atoms with Crippen molar-refractivity contribution in [3.05, 3.63) is 29.3 Å². The van der Waals surface area contributed by atoms with Gasteiger partial charge in [0.25, 0.3) is 0 Å². The van der Waals surface area contributed by atoms with Crippen molar-refractivity contribution in [1.82, 2.24) is 0 Å². The van der Waals surface area contributed by atoms with Crippen molar-refractivity contribution in [2.75, 3.05) is 19.0 Å². The zero-order chi connectivity index (χ0) is 10.0. The van der Waals surface area contributed by atoms with Gasteiger partial charge in [-0.05, 0) is 31.5 Å². The van der Waals surface area contributed by atoms with E-state index < -0.39 is 0 Å². The van der Waals surface area contributed by atoms with Gasteiger partial charge in [-0.2, -0.15) is 0 Å². The topological polar surface area (TPSA) is 20.3 Å². The van der Waals surface area contributed by atoms with Crippen molar-refractivity contribution in [2.24, 2.45) is 0 Å². The molecule has 2 nitrogen and oxygen atoms in total. The van der Waals surface area contributed by atoms with Gasteiger partial charge in [-0.1, -0.05) is 6.07 Å². The highest BCUT2D eigenvalue weighted by Gasteiger charge is 2.07. The van der Waals surface area contributed by atoms with E-state index in [4.69, 9.17) is 0 Å². The fourth-order valence-corrected chi connectivity index (χ4v) is 1.31. The molecule has 0 amide bonds. The molecule has 0 aliphatic heterocycles. The number of nitrogens with zero attached hydrogens (tertiary/aromatic N) is 1. The zero-order valence-corrected chi connectivity index (χ0v) is 8.59. The largest absolute Gasteiger partial charge is 0.377 e. The smallest absolute Gasteiger partial charge is 0.161 e. The summed E-state index contributed by atoms with van der Waals surface area (Å²) in [6.07, 6.45) is 0. The normalized spacial score (nSPS) is 9.85. The number of Topliss-reactive ketones (excluding diaryl/α,β-unsaturated/α-hetero) is 1. The summed E-state index contributed by atoms with van der Waals surface area (Å²) in [7, 11) is 3.89. The summed E-state index contributed by atoms with van der Waals surface area (Å²) in [5.41, 5.74) is 2.96. The van der Waals surface area contributed by atoms with Crippen LogP contribution in [0.25, 0.3) is 0 Å². The minimum Gasteiger partial charge on any atom is -0.377 e. The Kier molecular flexibility index (Phi) is 2.71. The third kappa shape index (κ3) is 2.08. The number of aryl methyl sites for hydroxylation is 1. The first-order chi connectivity index (χ1) is 6.02.